The van der Waals surface area contributed by atoms with Gasteiger partial charge >= 0.3 is 0 Å². The largest absolute Gasteiger partial charge is 0.307 e. The van der Waals surface area contributed by atoms with Crippen molar-refractivity contribution >= 4 is 23.4 Å². The lowest BCUT2D eigenvalue weighted by Gasteiger charge is -2.22. The Bertz CT molecular complexity index is 776. The summed E-state index contributed by atoms with van der Waals surface area (Å²) < 4.78 is 0. The highest BCUT2D eigenvalue weighted by atomic mass is 16.1. The summed E-state index contributed by atoms with van der Waals surface area (Å²) in [6.45, 7) is 4.17. The van der Waals surface area contributed by atoms with E-state index in [0.29, 0.717) is 5.57 Å². The van der Waals surface area contributed by atoms with Gasteiger partial charge < -0.3 is 10.9 Å². The number of aldehydes is 1. The van der Waals surface area contributed by atoms with Crippen LogP contribution >= 0.6 is 0 Å². The third-order valence-corrected chi connectivity index (χ3v) is 4.02. The van der Waals surface area contributed by atoms with Crippen molar-refractivity contribution in [3.8, 4) is 0 Å². The van der Waals surface area contributed by atoms with Gasteiger partial charge in [-0.2, -0.15) is 0 Å². The van der Waals surface area contributed by atoms with Gasteiger partial charge in [-0.1, -0.05) is 50.2 Å². The fourth-order valence-corrected chi connectivity index (χ4v) is 2.79. The summed E-state index contributed by atoms with van der Waals surface area (Å²) in [6, 6.07) is 17.7. The summed E-state index contributed by atoms with van der Waals surface area (Å²) in [5.41, 5.74) is 10.0. The third kappa shape index (κ3) is 2.88. The molecule has 23 heavy (non-hydrogen) atoms. The molecule has 2 N–H and O–H groups in total. The predicted molar refractivity (Wildman–Crippen MR) is 93.9 cm³/mol. The van der Waals surface area contributed by atoms with Gasteiger partial charge in [0, 0.05) is 11.6 Å². The average molecular weight is 305 g/mol. The Morgan fingerprint density at radius 2 is 1.74 bits per heavy atom. The maximum atomic E-state index is 11.6. The molecule has 4 heteroatoms. The smallest absolute Gasteiger partial charge is 0.153 e. The number of carbonyl (C=O) groups is 1. The molecule has 1 heterocycles. The maximum absolute atomic E-state index is 11.6. The minimum absolute atomic E-state index is 0.294. The number of para-hydroxylation sites is 2. The van der Waals surface area contributed by atoms with Crippen molar-refractivity contribution in [1.29, 1.82) is 0 Å². The van der Waals surface area contributed by atoms with Crippen molar-refractivity contribution in [3.05, 3.63) is 71.9 Å². The molecule has 2 aromatic rings. The normalized spacial score (nSPS) is 15.6. The molecule has 0 fully saturated rings. The molecule has 0 atom stereocenters. The van der Waals surface area contributed by atoms with E-state index in [1.807, 2.05) is 48.5 Å². The number of rotatable bonds is 5. The number of fused-ring (bicyclic) bond motifs is 1. The Hall–Kier alpha value is -2.88. The average Bonchev–Trinajstić information content (AvgIpc) is 2.84. The first kappa shape index (κ1) is 15.0. The van der Waals surface area contributed by atoms with Crippen molar-refractivity contribution < 1.29 is 4.79 Å². The Labute approximate surface area is 135 Å². The van der Waals surface area contributed by atoms with Gasteiger partial charge in [-0.05, 0) is 23.8 Å². The second-order valence-electron chi connectivity index (χ2n) is 5.96. The number of hydrazine groups is 1. The number of anilines is 1. The second-order valence-corrected chi connectivity index (χ2v) is 5.96. The Balaban J connectivity index is 1.82. The van der Waals surface area contributed by atoms with Crippen LogP contribution in [0.15, 0.2) is 71.4 Å². The number of hydrogen-bond acceptors (Lipinski definition) is 4. The number of allylic oxidation sites excluding steroid dienone is 1. The second kappa shape index (κ2) is 6.08. The maximum Gasteiger partial charge on any atom is 0.153 e. The standard InChI is InChI=1S/C19H19N3O/c1-19(2)16-10-6-7-11-17(16)21-18(19)14(13-23)12-20-22-15-8-4-3-5-9-15/h3-13,20,22H,1-2H3/b14-12+. The van der Waals surface area contributed by atoms with Crippen LogP contribution in [0, 0.1) is 0 Å². The minimum Gasteiger partial charge on any atom is -0.307 e. The molecule has 0 amide bonds. The first-order chi connectivity index (χ1) is 11.1. The number of aliphatic imine (C=N–C) groups is 1. The fraction of sp³-hybridized carbons (Fsp3) is 0.158. The summed E-state index contributed by atoms with van der Waals surface area (Å²) in [6.07, 6.45) is 2.50. The van der Waals surface area contributed by atoms with Gasteiger partial charge in [0.05, 0.1) is 22.7 Å². The highest BCUT2D eigenvalue weighted by Crippen LogP contribution is 2.41. The van der Waals surface area contributed by atoms with Crippen LogP contribution in [0.2, 0.25) is 0 Å². The molecule has 0 aliphatic carbocycles. The molecule has 2 aromatic carbocycles. The molecule has 0 aromatic heterocycles. The zero-order chi connectivity index (χ0) is 16.3. The molecule has 1 aliphatic rings. The molecule has 0 bridgehead atoms. The van der Waals surface area contributed by atoms with Gasteiger partial charge in [-0.3, -0.25) is 9.79 Å². The van der Waals surface area contributed by atoms with E-state index in [1.54, 1.807) is 6.20 Å². The first-order valence-corrected chi connectivity index (χ1v) is 7.54. The van der Waals surface area contributed by atoms with E-state index in [-0.39, 0.29) is 5.41 Å². The van der Waals surface area contributed by atoms with E-state index < -0.39 is 0 Å². The lowest BCUT2D eigenvalue weighted by Crippen LogP contribution is -2.29. The van der Waals surface area contributed by atoms with Crippen molar-refractivity contribution in [2.75, 3.05) is 5.43 Å². The monoisotopic (exact) mass is 305 g/mol. The lowest BCUT2D eigenvalue weighted by atomic mass is 9.79. The molecular formula is C19H19N3O. The predicted octanol–water partition coefficient (Wildman–Crippen LogP) is 3.75. The molecule has 0 spiro atoms. The van der Waals surface area contributed by atoms with Crippen molar-refractivity contribution in [3.63, 3.8) is 0 Å². The van der Waals surface area contributed by atoms with Crippen molar-refractivity contribution in [2.45, 2.75) is 19.3 Å². The first-order valence-electron chi connectivity index (χ1n) is 7.54. The molecule has 4 nitrogen and oxygen atoms in total. The third-order valence-electron chi connectivity index (χ3n) is 4.02. The van der Waals surface area contributed by atoms with Crippen molar-refractivity contribution in [2.24, 2.45) is 4.99 Å². The van der Waals surface area contributed by atoms with E-state index in [9.17, 15) is 4.79 Å². The van der Waals surface area contributed by atoms with Gasteiger partial charge in [0.15, 0.2) is 6.29 Å². The van der Waals surface area contributed by atoms with Crippen LogP contribution in [0.5, 0.6) is 0 Å². The highest BCUT2D eigenvalue weighted by molar-refractivity contribution is 6.22. The lowest BCUT2D eigenvalue weighted by molar-refractivity contribution is -0.104. The van der Waals surface area contributed by atoms with Crippen LogP contribution in [0.3, 0.4) is 0 Å². The number of benzene rings is 2. The van der Waals surface area contributed by atoms with E-state index in [2.05, 4.69) is 35.8 Å². The minimum atomic E-state index is -0.294. The fourth-order valence-electron chi connectivity index (χ4n) is 2.79. The topological polar surface area (TPSA) is 53.5 Å². The zero-order valence-corrected chi connectivity index (χ0v) is 13.2. The Morgan fingerprint density at radius 3 is 2.43 bits per heavy atom. The van der Waals surface area contributed by atoms with Gasteiger partial charge in [0.25, 0.3) is 0 Å². The van der Waals surface area contributed by atoms with E-state index in [1.165, 1.54) is 0 Å². The zero-order valence-electron chi connectivity index (χ0n) is 13.2. The van der Waals surface area contributed by atoms with Crippen LogP contribution in [-0.4, -0.2) is 12.0 Å². The van der Waals surface area contributed by atoms with E-state index in [0.717, 1.165) is 28.9 Å². The summed E-state index contributed by atoms with van der Waals surface area (Å²) in [5, 5.41) is 0. The van der Waals surface area contributed by atoms with Crippen LogP contribution in [-0.2, 0) is 10.2 Å². The Kier molecular flexibility index (Phi) is 3.98. The highest BCUT2D eigenvalue weighted by Gasteiger charge is 2.36. The summed E-state index contributed by atoms with van der Waals surface area (Å²) in [4.78, 5) is 16.2. The molecule has 0 saturated carbocycles. The number of nitrogens with one attached hydrogen (secondary N) is 2. The molecule has 116 valence electrons. The summed E-state index contributed by atoms with van der Waals surface area (Å²) in [5.74, 6) is 0. The molecular weight excluding hydrogens is 286 g/mol. The number of hydrogen-bond donors (Lipinski definition) is 2. The SMILES string of the molecule is CC1(C)C(/C(C=O)=C/NNc2ccccc2)=Nc2ccccc21. The van der Waals surface area contributed by atoms with Crippen LogP contribution in [0.25, 0.3) is 0 Å². The molecule has 0 radical (unpaired) electrons. The molecule has 1 aliphatic heterocycles. The van der Waals surface area contributed by atoms with Gasteiger partial charge in [-0.25, -0.2) is 0 Å². The molecule has 0 saturated heterocycles. The number of nitrogens with zero attached hydrogens (tertiary/aromatic N) is 1. The van der Waals surface area contributed by atoms with Crippen LogP contribution in [0.1, 0.15) is 19.4 Å². The van der Waals surface area contributed by atoms with Gasteiger partial charge in [0.1, 0.15) is 0 Å². The Morgan fingerprint density at radius 1 is 1.04 bits per heavy atom. The van der Waals surface area contributed by atoms with E-state index in [4.69, 9.17) is 0 Å². The van der Waals surface area contributed by atoms with Crippen LogP contribution < -0.4 is 10.9 Å². The van der Waals surface area contributed by atoms with Gasteiger partial charge in [-0.15, -0.1) is 0 Å². The summed E-state index contributed by atoms with van der Waals surface area (Å²) >= 11 is 0. The quantitative estimate of drug-likeness (QED) is 0.502. The van der Waals surface area contributed by atoms with Crippen LogP contribution in [0.4, 0.5) is 11.4 Å². The number of carbonyl (C=O) groups excluding carboxylic acids is 1. The van der Waals surface area contributed by atoms with E-state index >= 15 is 0 Å². The van der Waals surface area contributed by atoms with Gasteiger partial charge in [0.2, 0.25) is 0 Å². The molecule has 0 unspecified atom stereocenters. The summed E-state index contributed by atoms with van der Waals surface area (Å²) in [7, 11) is 0. The van der Waals surface area contributed by atoms with Crippen molar-refractivity contribution in [1.82, 2.24) is 5.43 Å². The molecule has 3 rings (SSSR count).